The van der Waals surface area contributed by atoms with Crippen LogP contribution >= 0.6 is 23.4 Å². The molecule has 0 aliphatic carbocycles. The topological polar surface area (TPSA) is 72.6 Å². The first-order valence-electron chi connectivity index (χ1n) is 7.59. The molecule has 0 radical (unpaired) electrons. The smallest absolute Gasteiger partial charge is 0.232 e. The second-order valence-corrected chi connectivity index (χ2v) is 6.95. The van der Waals surface area contributed by atoms with Gasteiger partial charge in [-0.3, -0.25) is 9.59 Å². The monoisotopic (exact) mass is 356 g/mol. The van der Waals surface area contributed by atoms with E-state index >= 15 is 0 Å². The van der Waals surface area contributed by atoms with Gasteiger partial charge in [-0.25, -0.2) is 0 Å². The van der Waals surface area contributed by atoms with Crippen LogP contribution in [0, 0.1) is 5.92 Å². The molecule has 2 N–H and O–H groups in total. The Labute approximate surface area is 145 Å². The lowest BCUT2D eigenvalue weighted by atomic mass is 9.96. The zero-order valence-corrected chi connectivity index (χ0v) is 14.4. The Morgan fingerprint density at radius 3 is 2.52 bits per heavy atom. The van der Waals surface area contributed by atoms with Crippen LogP contribution in [-0.2, 0) is 9.59 Å². The fourth-order valence-corrected chi connectivity index (χ4v) is 3.24. The fourth-order valence-electron chi connectivity index (χ4n) is 2.41. The summed E-state index contributed by atoms with van der Waals surface area (Å²) in [6.07, 6.45) is 1.34. The lowest BCUT2D eigenvalue weighted by molar-refractivity contribution is -0.132. The normalized spacial score (nSPS) is 15.4. The molecule has 1 saturated heterocycles. The minimum absolute atomic E-state index is 0.0838. The van der Waals surface area contributed by atoms with E-state index in [0.717, 1.165) is 11.5 Å². The van der Waals surface area contributed by atoms with Crippen molar-refractivity contribution < 1.29 is 14.3 Å². The van der Waals surface area contributed by atoms with E-state index in [0.29, 0.717) is 43.3 Å². The van der Waals surface area contributed by atoms with Crippen LogP contribution < -0.4 is 10.5 Å². The molecule has 0 saturated carbocycles. The minimum Gasteiger partial charge on any atom is -0.493 e. The predicted octanol–water partition coefficient (Wildman–Crippen LogP) is 2.18. The Balaban J connectivity index is 1.58. The van der Waals surface area contributed by atoms with E-state index in [1.54, 1.807) is 23.9 Å². The van der Waals surface area contributed by atoms with Gasteiger partial charge in [0.2, 0.25) is 11.8 Å². The molecule has 0 bridgehead atoms. The quantitative estimate of drug-likeness (QED) is 0.760. The fraction of sp³-hybridized carbons (Fsp3) is 0.500. The maximum Gasteiger partial charge on any atom is 0.232 e. The highest BCUT2D eigenvalue weighted by Crippen LogP contribution is 2.18. The zero-order valence-electron chi connectivity index (χ0n) is 12.9. The number of nitrogens with two attached hydrogens (primary N) is 1. The average Bonchev–Trinajstić information content (AvgIpc) is 2.56. The number of nitrogens with zero attached hydrogens (tertiary/aromatic N) is 1. The van der Waals surface area contributed by atoms with Gasteiger partial charge in [-0.15, -0.1) is 11.8 Å². The third kappa shape index (κ3) is 5.95. The second kappa shape index (κ2) is 9.03. The summed E-state index contributed by atoms with van der Waals surface area (Å²) in [6.45, 7) is 1.78. The van der Waals surface area contributed by atoms with Crippen LogP contribution in [0.15, 0.2) is 24.3 Å². The third-order valence-corrected chi connectivity index (χ3v) is 4.94. The molecule has 1 aliphatic heterocycles. The van der Waals surface area contributed by atoms with Crippen LogP contribution in [0.4, 0.5) is 0 Å². The number of likely N-dealkylation sites (tertiary alicyclic amines) is 1. The highest BCUT2D eigenvalue weighted by atomic mass is 35.5. The number of carbonyl (C=O) groups is 2. The predicted molar refractivity (Wildman–Crippen MR) is 92.8 cm³/mol. The van der Waals surface area contributed by atoms with Gasteiger partial charge in [0.15, 0.2) is 0 Å². The van der Waals surface area contributed by atoms with E-state index in [2.05, 4.69) is 0 Å². The molecule has 2 amide bonds. The number of benzene rings is 1. The molecule has 1 fully saturated rings. The highest BCUT2D eigenvalue weighted by Gasteiger charge is 2.25. The first kappa shape index (κ1) is 17.9. The summed E-state index contributed by atoms with van der Waals surface area (Å²) in [5.41, 5.74) is 5.29. The Hall–Kier alpha value is -1.40. The maximum atomic E-state index is 12.1. The minimum atomic E-state index is -0.258. The van der Waals surface area contributed by atoms with Crippen molar-refractivity contribution in [3.63, 3.8) is 0 Å². The van der Waals surface area contributed by atoms with Crippen LogP contribution in [0.5, 0.6) is 5.75 Å². The van der Waals surface area contributed by atoms with Crippen molar-refractivity contribution >= 4 is 35.2 Å². The molecule has 0 spiro atoms. The molecule has 0 unspecified atom stereocenters. The number of halogens is 1. The standard InChI is InChI=1S/C16H21ClN2O3S/c17-13-1-3-14(4-2-13)22-9-10-23-11-15(20)19-7-5-12(6-8-19)16(18)21/h1-4,12H,5-11H2,(H2,18,21). The summed E-state index contributed by atoms with van der Waals surface area (Å²) in [5.74, 6) is 1.72. The lowest BCUT2D eigenvalue weighted by Gasteiger charge is -2.30. The Kier molecular flexibility index (Phi) is 7.05. The van der Waals surface area contributed by atoms with Crippen molar-refractivity contribution in [3.8, 4) is 5.75 Å². The molecule has 126 valence electrons. The van der Waals surface area contributed by atoms with Gasteiger partial charge < -0.3 is 15.4 Å². The van der Waals surface area contributed by atoms with E-state index in [4.69, 9.17) is 22.1 Å². The number of amides is 2. The van der Waals surface area contributed by atoms with Gasteiger partial charge in [-0.1, -0.05) is 11.6 Å². The molecule has 1 aliphatic rings. The van der Waals surface area contributed by atoms with Gasteiger partial charge in [0.05, 0.1) is 12.4 Å². The van der Waals surface area contributed by atoms with Gasteiger partial charge in [0.1, 0.15) is 5.75 Å². The molecule has 5 nitrogen and oxygen atoms in total. The van der Waals surface area contributed by atoms with E-state index in [9.17, 15) is 9.59 Å². The van der Waals surface area contributed by atoms with Crippen LogP contribution in [0.1, 0.15) is 12.8 Å². The average molecular weight is 357 g/mol. The van der Waals surface area contributed by atoms with Crippen molar-refractivity contribution in [1.82, 2.24) is 4.90 Å². The van der Waals surface area contributed by atoms with E-state index in [1.165, 1.54) is 0 Å². The number of hydrogen-bond donors (Lipinski definition) is 1. The summed E-state index contributed by atoms with van der Waals surface area (Å²) >= 11 is 7.35. The highest BCUT2D eigenvalue weighted by molar-refractivity contribution is 7.99. The summed E-state index contributed by atoms with van der Waals surface area (Å²) in [7, 11) is 0. The van der Waals surface area contributed by atoms with Gasteiger partial charge in [0, 0.05) is 29.8 Å². The molecule has 23 heavy (non-hydrogen) atoms. The molecule has 7 heteroatoms. The number of ether oxygens (including phenoxy) is 1. The zero-order chi connectivity index (χ0) is 16.7. The van der Waals surface area contributed by atoms with Crippen LogP contribution in [0.2, 0.25) is 5.02 Å². The molecule has 1 aromatic rings. The van der Waals surface area contributed by atoms with Crippen LogP contribution in [-0.4, -0.2) is 47.9 Å². The van der Waals surface area contributed by atoms with Crippen molar-refractivity contribution in [2.24, 2.45) is 11.7 Å². The molecule has 1 heterocycles. The Morgan fingerprint density at radius 2 is 1.91 bits per heavy atom. The molecular weight excluding hydrogens is 336 g/mol. The molecular formula is C16H21ClN2O3S. The molecule has 2 rings (SSSR count). The molecule has 0 atom stereocenters. The summed E-state index contributed by atoms with van der Waals surface area (Å²) < 4.78 is 5.57. The van der Waals surface area contributed by atoms with E-state index in [-0.39, 0.29) is 17.7 Å². The van der Waals surface area contributed by atoms with Gasteiger partial charge >= 0.3 is 0 Å². The number of piperidine rings is 1. The number of carbonyl (C=O) groups excluding carboxylic acids is 2. The SMILES string of the molecule is NC(=O)C1CCN(C(=O)CSCCOc2ccc(Cl)cc2)CC1. The van der Waals surface area contributed by atoms with E-state index in [1.807, 2.05) is 17.0 Å². The molecule has 0 aromatic heterocycles. The van der Waals surface area contributed by atoms with Gasteiger partial charge in [-0.2, -0.15) is 0 Å². The second-order valence-electron chi connectivity index (χ2n) is 5.41. The number of hydrogen-bond acceptors (Lipinski definition) is 4. The van der Waals surface area contributed by atoms with Crippen LogP contribution in [0.25, 0.3) is 0 Å². The number of primary amides is 1. The third-order valence-electron chi connectivity index (χ3n) is 3.79. The van der Waals surface area contributed by atoms with Gasteiger partial charge in [0.25, 0.3) is 0 Å². The Bertz CT molecular complexity index is 531. The number of rotatable bonds is 7. The van der Waals surface area contributed by atoms with Crippen molar-refractivity contribution in [2.45, 2.75) is 12.8 Å². The Morgan fingerprint density at radius 1 is 1.26 bits per heavy atom. The maximum absolute atomic E-state index is 12.1. The first-order valence-corrected chi connectivity index (χ1v) is 9.12. The summed E-state index contributed by atoms with van der Waals surface area (Å²) in [4.78, 5) is 25.0. The van der Waals surface area contributed by atoms with Crippen molar-refractivity contribution in [2.75, 3.05) is 31.2 Å². The van der Waals surface area contributed by atoms with Crippen molar-refractivity contribution in [1.29, 1.82) is 0 Å². The summed E-state index contributed by atoms with van der Waals surface area (Å²) in [6, 6.07) is 7.20. The van der Waals surface area contributed by atoms with Crippen molar-refractivity contribution in [3.05, 3.63) is 29.3 Å². The first-order chi connectivity index (χ1) is 11.1. The van der Waals surface area contributed by atoms with E-state index < -0.39 is 0 Å². The van der Waals surface area contributed by atoms with Crippen LogP contribution in [0.3, 0.4) is 0 Å². The summed E-state index contributed by atoms with van der Waals surface area (Å²) in [5, 5.41) is 0.678. The number of thioether (sulfide) groups is 1. The lowest BCUT2D eigenvalue weighted by Crippen LogP contribution is -2.42. The molecule has 1 aromatic carbocycles. The van der Waals surface area contributed by atoms with Gasteiger partial charge in [-0.05, 0) is 37.1 Å². The largest absolute Gasteiger partial charge is 0.493 e.